The van der Waals surface area contributed by atoms with E-state index in [-0.39, 0.29) is 47.9 Å². The summed E-state index contributed by atoms with van der Waals surface area (Å²) in [5, 5.41) is 17.6. The Kier molecular flexibility index (Phi) is 12.9. The maximum atomic E-state index is 12.2. The molecule has 47 heavy (non-hydrogen) atoms. The number of fused-ring (bicyclic) bond motifs is 5. The zero-order chi connectivity index (χ0) is 33.9. The monoisotopic (exact) mass is 847 g/mol. The molecule has 5 aromatic rings. The Morgan fingerprint density at radius 3 is 2.21 bits per heavy atom. The largest absolute Gasteiger partial charge is 0.512 e. The van der Waals surface area contributed by atoms with Crippen molar-refractivity contribution in [3.8, 4) is 11.3 Å². The fourth-order valence-electron chi connectivity index (χ4n) is 5.50. The molecule has 0 bridgehead atoms. The van der Waals surface area contributed by atoms with Crippen LogP contribution < -0.4 is 0 Å². The van der Waals surface area contributed by atoms with Gasteiger partial charge in [-0.25, -0.2) is 0 Å². The number of allylic oxidation sites excluding steroid dienone is 2. The predicted molar refractivity (Wildman–Crippen MR) is 199 cm³/mol. The zero-order valence-corrected chi connectivity index (χ0v) is 33.2. The average Bonchev–Trinajstić information content (AvgIpc) is 3.68. The zero-order valence-electron chi connectivity index (χ0n) is 29.2. The number of hydrogen-bond acceptors (Lipinski definition) is 6. The summed E-state index contributed by atoms with van der Waals surface area (Å²) in [6.45, 7) is 22.7. The van der Waals surface area contributed by atoms with Crippen LogP contribution in [0.1, 0.15) is 93.6 Å². The van der Waals surface area contributed by atoms with Gasteiger partial charge in [0.15, 0.2) is 5.78 Å². The topological polar surface area (TPSA) is 63.3 Å². The molecular formula is C40H48IrNO3S2-. The Balaban J connectivity index is 0.000000290. The summed E-state index contributed by atoms with van der Waals surface area (Å²) in [6.07, 6.45) is 6.58. The number of aliphatic hydroxyl groups excluding tert-OH is 1. The van der Waals surface area contributed by atoms with Crippen LogP contribution in [0.5, 0.6) is 0 Å². The van der Waals surface area contributed by atoms with E-state index in [1.54, 1.807) is 23.1 Å². The summed E-state index contributed by atoms with van der Waals surface area (Å²) in [5.74, 6) is 0.286. The van der Waals surface area contributed by atoms with Crippen molar-refractivity contribution in [2.75, 3.05) is 0 Å². The van der Waals surface area contributed by atoms with E-state index in [4.69, 9.17) is 9.40 Å². The van der Waals surface area contributed by atoms with Crippen molar-refractivity contribution in [1.29, 1.82) is 0 Å². The fourth-order valence-corrected chi connectivity index (χ4v) is 7.24. The number of hydrogen-bond donors (Lipinski definition) is 1. The minimum Gasteiger partial charge on any atom is -0.512 e. The Labute approximate surface area is 302 Å². The number of pyridine rings is 1. The summed E-state index contributed by atoms with van der Waals surface area (Å²) < 4.78 is 7.43. The van der Waals surface area contributed by atoms with Crippen molar-refractivity contribution >= 4 is 60.9 Å². The number of carbonyl (C=O) groups is 1. The van der Waals surface area contributed by atoms with Crippen LogP contribution in [-0.4, -0.2) is 15.9 Å². The maximum absolute atomic E-state index is 12.2. The van der Waals surface area contributed by atoms with E-state index in [9.17, 15) is 9.90 Å². The van der Waals surface area contributed by atoms with Gasteiger partial charge in [0.25, 0.3) is 0 Å². The molecule has 2 aromatic carbocycles. The molecule has 3 aromatic heterocycles. The van der Waals surface area contributed by atoms with Crippen LogP contribution in [0.2, 0.25) is 0 Å². The fraction of sp³-hybridized carbons (Fsp3) is 0.400. The van der Waals surface area contributed by atoms with E-state index in [1.807, 2.05) is 59.2 Å². The van der Waals surface area contributed by atoms with Gasteiger partial charge in [0.1, 0.15) is 16.9 Å². The average molecular weight is 847 g/mol. The predicted octanol–water partition coefficient (Wildman–Crippen LogP) is 12.8. The van der Waals surface area contributed by atoms with Crippen molar-refractivity contribution < 1.29 is 34.4 Å². The van der Waals surface area contributed by atoms with Crippen molar-refractivity contribution in [1.82, 2.24) is 4.98 Å². The molecule has 0 amide bonds. The van der Waals surface area contributed by atoms with Crippen LogP contribution in [0.3, 0.4) is 0 Å². The third-order valence-electron chi connectivity index (χ3n) is 9.75. The molecular weight excluding hydrogens is 799 g/mol. The Morgan fingerprint density at radius 1 is 0.979 bits per heavy atom. The molecule has 0 saturated heterocycles. The second-order valence-corrected chi connectivity index (χ2v) is 15.4. The number of benzene rings is 2. The second kappa shape index (κ2) is 15.7. The summed E-state index contributed by atoms with van der Waals surface area (Å²) >= 11 is 3.38. The second-order valence-electron chi connectivity index (χ2n) is 13.5. The quantitative estimate of drug-likeness (QED) is 0.0656. The van der Waals surface area contributed by atoms with Gasteiger partial charge in [-0.15, -0.1) is 40.7 Å². The molecule has 0 unspecified atom stereocenters. The van der Waals surface area contributed by atoms with E-state index in [2.05, 4.69) is 69.1 Å². The van der Waals surface area contributed by atoms with E-state index in [0.29, 0.717) is 0 Å². The van der Waals surface area contributed by atoms with Gasteiger partial charge < -0.3 is 14.5 Å². The molecule has 0 aliphatic carbocycles. The van der Waals surface area contributed by atoms with Crippen LogP contribution in [0, 0.1) is 16.9 Å². The summed E-state index contributed by atoms with van der Waals surface area (Å²) in [7, 11) is 0. The Morgan fingerprint density at radius 2 is 1.62 bits per heavy atom. The van der Waals surface area contributed by atoms with Gasteiger partial charge in [0.05, 0.1) is 0 Å². The molecule has 7 heteroatoms. The Hall–Kier alpha value is -2.70. The molecule has 1 radical (unpaired) electrons. The molecule has 0 atom stereocenters. The number of aliphatic hydroxyl groups is 1. The number of rotatable bonds is 10. The van der Waals surface area contributed by atoms with Gasteiger partial charge in [-0.2, -0.15) is 11.8 Å². The smallest absolute Gasteiger partial charge is 0.164 e. The number of furan rings is 1. The number of ketones is 1. The molecule has 0 fully saturated rings. The normalized spacial score (nSPS) is 12.6. The number of thioether (sulfide) groups is 1. The van der Waals surface area contributed by atoms with Crippen LogP contribution >= 0.6 is 23.1 Å². The molecule has 0 saturated carbocycles. The molecule has 0 aliphatic rings. The first-order chi connectivity index (χ1) is 21.8. The van der Waals surface area contributed by atoms with Crippen molar-refractivity contribution in [2.24, 2.45) is 10.8 Å². The number of aromatic nitrogens is 1. The molecule has 3 heterocycles. The molecule has 253 valence electrons. The van der Waals surface area contributed by atoms with E-state index < -0.39 is 0 Å². The first kappa shape index (κ1) is 38.7. The molecule has 0 spiro atoms. The molecule has 1 N–H and O–H groups in total. The van der Waals surface area contributed by atoms with Gasteiger partial charge in [0, 0.05) is 58.7 Å². The molecule has 0 aliphatic heterocycles. The number of carbonyl (C=O) groups excluding carboxylic acids is 1. The first-order valence-electron chi connectivity index (χ1n) is 16.2. The van der Waals surface area contributed by atoms with Crippen LogP contribution in [0.25, 0.3) is 43.3 Å². The van der Waals surface area contributed by atoms with E-state index >= 15 is 0 Å². The summed E-state index contributed by atoms with van der Waals surface area (Å²) in [5.41, 5.74) is 4.34. The summed E-state index contributed by atoms with van der Waals surface area (Å²) in [4.78, 5) is 18.1. The van der Waals surface area contributed by atoms with Crippen LogP contribution in [0.4, 0.5) is 0 Å². The number of nitrogens with zero attached hydrogens (tertiary/aromatic N) is 1. The van der Waals surface area contributed by atoms with Crippen LogP contribution in [0.15, 0.2) is 81.1 Å². The van der Waals surface area contributed by atoms with Crippen LogP contribution in [-0.2, 0) is 30.3 Å². The van der Waals surface area contributed by atoms with E-state index in [1.165, 1.54) is 26.6 Å². The van der Waals surface area contributed by atoms with Crippen molar-refractivity contribution in [3.05, 3.63) is 83.4 Å². The maximum Gasteiger partial charge on any atom is 0.164 e. The SMILES string of the molecule is C=CSc1c[c-]c(-c2nccc3oc4ccc5ccsc5c4c23)cc1C(C)(C)C.CCC(C)(CC)C(=O)/C=C(\O)C(C)(CC)CC.[Ir]. The third kappa shape index (κ3) is 7.96. The first-order valence-corrected chi connectivity index (χ1v) is 18.0. The van der Waals surface area contributed by atoms with E-state index in [0.717, 1.165) is 58.9 Å². The minimum absolute atomic E-state index is 0. The minimum atomic E-state index is -0.337. The van der Waals surface area contributed by atoms with Gasteiger partial charge >= 0.3 is 0 Å². The standard InChI is InChI=1S/C25H20NOS2.C15H28O2.Ir/c1-5-28-20-9-7-16(14-17(20)25(2,3)4)23-21-19(10-12-26-23)27-18-8-6-15-11-13-29-24(15)22(18)21;1-7-14(5,8-2)12(16)11-13(17)15(6,9-3)10-4;/h5-6,8-14H,1H2,2-4H3;11,16H,7-10H2,1-6H3;/q-1;;/b;12-11-;. The van der Waals surface area contributed by atoms with Gasteiger partial charge in [-0.05, 0) is 77.2 Å². The van der Waals surface area contributed by atoms with Gasteiger partial charge in [0.2, 0.25) is 0 Å². The molecule has 4 nitrogen and oxygen atoms in total. The van der Waals surface area contributed by atoms with Crippen molar-refractivity contribution in [3.63, 3.8) is 0 Å². The van der Waals surface area contributed by atoms with Crippen molar-refractivity contribution in [2.45, 2.75) is 98.3 Å². The summed E-state index contributed by atoms with van der Waals surface area (Å²) in [6, 6.07) is 16.0. The molecule has 5 rings (SSSR count). The van der Waals surface area contributed by atoms with Gasteiger partial charge in [-0.1, -0.05) is 73.8 Å². The number of thiophene rings is 1. The third-order valence-corrected chi connectivity index (χ3v) is 11.5. The Bertz CT molecular complexity index is 1880. The van der Waals surface area contributed by atoms with Gasteiger partial charge in [-0.3, -0.25) is 4.79 Å².